The summed E-state index contributed by atoms with van der Waals surface area (Å²) in [7, 11) is 0. The highest BCUT2D eigenvalue weighted by atomic mass is 19.4. The number of rotatable bonds is 1. The second-order valence-corrected chi connectivity index (χ2v) is 5.22. The van der Waals surface area contributed by atoms with Crippen LogP contribution in [0, 0.1) is 5.92 Å². The second-order valence-electron chi connectivity index (χ2n) is 5.22. The summed E-state index contributed by atoms with van der Waals surface area (Å²) in [5, 5.41) is 3.39. The lowest BCUT2D eigenvalue weighted by molar-refractivity contribution is -0.142. The van der Waals surface area contributed by atoms with E-state index < -0.39 is 41.4 Å². The van der Waals surface area contributed by atoms with Crippen LogP contribution in [0.4, 0.5) is 22.0 Å². The fourth-order valence-electron chi connectivity index (χ4n) is 2.80. The molecule has 18 heavy (non-hydrogen) atoms. The predicted octanol–water partition coefficient (Wildman–Crippen LogP) is 3.69. The second kappa shape index (κ2) is 3.05. The average molecular weight is 266 g/mol. The Morgan fingerprint density at radius 2 is 1.94 bits per heavy atom. The maximum Gasteiger partial charge on any atom is 0.435 e. The number of hydrogen-bond acceptors (Lipinski definition) is 1. The molecule has 0 radical (unpaired) electrons. The van der Waals surface area contributed by atoms with Gasteiger partial charge in [0.05, 0.1) is 0 Å². The summed E-state index contributed by atoms with van der Waals surface area (Å²) in [6.07, 6.45) is -4.54. The summed E-state index contributed by atoms with van der Waals surface area (Å²) in [6, 6.07) is -0.516. The van der Waals surface area contributed by atoms with Crippen LogP contribution in [0.3, 0.4) is 0 Å². The van der Waals surface area contributed by atoms with Crippen molar-refractivity contribution in [1.29, 1.82) is 0 Å². The average Bonchev–Trinajstić information content (AvgIpc) is 2.82. The summed E-state index contributed by atoms with van der Waals surface area (Å²) in [5.74, 6) is -4.81. The van der Waals surface area contributed by atoms with Gasteiger partial charge < -0.3 is 0 Å². The van der Waals surface area contributed by atoms with Crippen LogP contribution in [0.1, 0.15) is 49.2 Å². The van der Waals surface area contributed by atoms with Gasteiger partial charge in [-0.1, -0.05) is 0 Å². The minimum absolute atomic E-state index is 0.132. The Labute approximate surface area is 99.8 Å². The van der Waals surface area contributed by atoms with Crippen molar-refractivity contribution in [2.75, 3.05) is 0 Å². The Morgan fingerprint density at radius 3 is 2.44 bits per heavy atom. The molecule has 3 rings (SSSR count). The summed E-state index contributed by atoms with van der Waals surface area (Å²) >= 11 is 0. The lowest BCUT2D eigenvalue weighted by atomic mass is 10.1. The number of fused-ring (bicyclic) bond motifs is 3. The van der Waals surface area contributed by atoms with Gasteiger partial charge in [0.2, 0.25) is 0 Å². The van der Waals surface area contributed by atoms with E-state index in [1.165, 1.54) is 0 Å². The lowest BCUT2D eigenvalue weighted by Gasteiger charge is -2.17. The van der Waals surface area contributed by atoms with Crippen molar-refractivity contribution in [3.63, 3.8) is 0 Å². The molecule has 1 fully saturated rings. The molecule has 1 aromatic rings. The van der Waals surface area contributed by atoms with E-state index in [1.807, 2.05) is 0 Å². The maximum atomic E-state index is 14.0. The standard InChI is InChI=1S/C11H11F5N2/c1-4(2)18-9-7(8(17-18)11(14,15)16)5-3-6(5)10(9,12)13/h4-6H,3H2,1-2H3/t5?,6-/m1/s1. The largest absolute Gasteiger partial charge is 0.435 e. The fourth-order valence-corrected chi connectivity index (χ4v) is 2.80. The number of aromatic nitrogens is 2. The topological polar surface area (TPSA) is 17.8 Å². The highest BCUT2D eigenvalue weighted by molar-refractivity contribution is 5.46. The molecule has 0 bridgehead atoms. The molecule has 0 aromatic carbocycles. The van der Waals surface area contributed by atoms with Crippen molar-refractivity contribution in [3.8, 4) is 0 Å². The summed E-state index contributed by atoms with van der Waals surface area (Å²) in [6.45, 7) is 3.10. The van der Waals surface area contributed by atoms with Crippen LogP contribution in [0.5, 0.6) is 0 Å². The number of nitrogens with zero attached hydrogens (tertiary/aromatic N) is 2. The molecule has 1 aromatic heterocycles. The third-order valence-electron chi connectivity index (χ3n) is 3.65. The lowest BCUT2D eigenvalue weighted by Crippen LogP contribution is -2.21. The van der Waals surface area contributed by atoms with Crippen LogP contribution < -0.4 is 0 Å². The summed E-state index contributed by atoms with van der Waals surface area (Å²) in [5.41, 5.74) is -1.92. The van der Waals surface area contributed by atoms with Crippen LogP contribution in [-0.4, -0.2) is 9.78 Å². The normalized spacial score (nSPS) is 28.4. The van der Waals surface area contributed by atoms with Crippen molar-refractivity contribution >= 4 is 0 Å². The van der Waals surface area contributed by atoms with Crippen molar-refractivity contribution in [3.05, 3.63) is 17.0 Å². The highest BCUT2D eigenvalue weighted by Gasteiger charge is 2.68. The zero-order valence-electron chi connectivity index (χ0n) is 9.72. The van der Waals surface area contributed by atoms with Crippen molar-refractivity contribution in [2.24, 2.45) is 5.92 Å². The van der Waals surface area contributed by atoms with E-state index in [4.69, 9.17) is 0 Å². The molecule has 2 atom stereocenters. The Bertz CT molecular complexity index is 514. The third kappa shape index (κ3) is 1.30. The molecule has 2 aliphatic rings. The monoisotopic (exact) mass is 266 g/mol. The molecular formula is C11H11F5N2. The number of alkyl halides is 5. The van der Waals surface area contributed by atoms with Gasteiger partial charge in [0.25, 0.3) is 5.92 Å². The van der Waals surface area contributed by atoms with Gasteiger partial charge in [-0.15, -0.1) is 0 Å². The van der Waals surface area contributed by atoms with Gasteiger partial charge in [-0.2, -0.15) is 27.1 Å². The SMILES string of the molecule is CC(C)n1nc(C(F)(F)F)c2c1C(F)(F)[C@@H]1CC21. The molecule has 1 unspecified atom stereocenters. The molecule has 2 nitrogen and oxygen atoms in total. The van der Waals surface area contributed by atoms with E-state index in [0.717, 1.165) is 4.68 Å². The molecule has 0 saturated heterocycles. The van der Waals surface area contributed by atoms with Crippen molar-refractivity contribution < 1.29 is 22.0 Å². The highest BCUT2D eigenvalue weighted by Crippen LogP contribution is 2.68. The van der Waals surface area contributed by atoms with E-state index in [1.54, 1.807) is 13.8 Å². The molecule has 0 amide bonds. The van der Waals surface area contributed by atoms with E-state index >= 15 is 0 Å². The zero-order valence-corrected chi connectivity index (χ0v) is 9.72. The van der Waals surface area contributed by atoms with E-state index in [2.05, 4.69) is 5.10 Å². The van der Waals surface area contributed by atoms with Crippen molar-refractivity contribution in [2.45, 2.75) is 44.3 Å². The van der Waals surface area contributed by atoms with E-state index in [-0.39, 0.29) is 12.0 Å². The van der Waals surface area contributed by atoms with Crippen LogP contribution in [-0.2, 0) is 12.1 Å². The third-order valence-corrected chi connectivity index (χ3v) is 3.65. The van der Waals surface area contributed by atoms with Crippen LogP contribution >= 0.6 is 0 Å². The van der Waals surface area contributed by atoms with Crippen molar-refractivity contribution in [1.82, 2.24) is 9.78 Å². The molecule has 0 spiro atoms. The van der Waals surface area contributed by atoms with Gasteiger partial charge >= 0.3 is 6.18 Å². The van der Waals surface area contributed by atoms with Gasteiger partial charge in [0, 0.05) is 17.5 Å². The molecule has 0 aliphatic heterocycles. The molecule has 7 heteroatoms. The van der Waals surface area contributed by atoms with Crippen LogP contribution in [0.15, 0.2) is 0 Å². The molecule has 100 valence electrons. The molecule has 2 aliphatic carbocycles. The number of halogens is 5. The fraction of sp³-hybridized carbons (Fsp3) is 0.727. The first-order chi connectivity index (χ1) is 8.15. The van der Waals surface area contributed by atoms with Gasteiger partial charge in [0.15, 0.2) is 5.69 Å². The Morgan fingerprint density at radius 1 is 1.33 bits per heavy atom. The minimum Gasteiger partial charge on any atom is -0.260 e. The first kappa shape index (κ1) is 11.9. The van der Waals surface area contributed by atoms with E-state index in [0.29, 0.717) is 0 Å². The predicted molar refractivity (Wildman–Crippen MR) is 52.4 cm³/mol. The Hall–Kier alpha value is -1.14. The Kier molecular flexibility index (Phi) is 2.02. The summed E-state index contributed by atoms with van der Waals surface area (Å²) < 4.78 is 67.3. The maximum absolute atomic E-state index is 14.0. The van der Waals surface area contributed by atoms with Crippen LogP contribution in [0.2, 0.25) is 0 Å². The molecule has 1 heterocycles. The molecule has 0 N–H and O–H groups in total. The Balaban J connectivity index is 2.26. The number of hydrogen-bond donors (Lipinski definition) is 0. The smallest absolute Gasteiger partial charge is 0.260 e. The van der Waals surface area contributed by atoms with Gasteiger partial charge in [-0.3, -0.25) is 4.68 Å². The van der Waals surface area contributed by atoms with Crippen LogP contribution in [0.25, 0.3) is 0 Å². The molecule has 1 saturated carbocycles. The quantitative estimate of drug-likeness (QED) is 0.709. The first-order valence-electron chi connectivity index (χ1n) is 5.73. The van der Waals surface area contributed by atoms with Gasteiger partial charge in [-0.25, -0.2) is 0 Å². The minimum atomic E-state index is -4.67. The zero-order chi connectivity index (χ0) is 13.5. The summed E-state index contributed by atoms with van der Waals surface area (Å²) in [4.78, 5) is 0. The first-order valence-corrected chi connectivity index (χ1v) is 5.73. The molecular weight excluding hydrogens is 255 g/mol. The van der Waals surface area contributed by atoms with Gasteiger partial charge in [-0.05, 0) is 26.2 Å². The van der Waals surface area contributed by atoms with Gasteiger partial charge in [0.1, 0.15) is 5.69 Å². The van der Waals surface area contributed by atoms with E-state index in [9.17, 15) is 22.0 Å².